The maximum absolute atomic E-state index is 11.5. The molecule has 2 aromatic carbocycles. The molecule has 0 radical (unpaired) electrons. The Labute approximate surface area is 160 Å². The molecule has 0 atom stereocenters. The molecule has 25 heavy (non-hydrogen) atoms. The molecule has 3 N–H and O–H groups in total. The number of anilines is 1. The molecular formula is C20H17BrN2OS. The molecule has 0 bridgehead atoms. The van der Waals surface area contributed by atoms with Crippen LogP contribution >= 0.6 is 11.3 Å². The molecule has 0 amide bonds. The maximum Gasteiger partial charge on any atom is 0.221 e. The van der Waals surface area contributed by atoms with Crippen LogP contribution in [-0.2, 0) is 6.42 Å². The van der Waals surface area contributed by atoms with Crippen LogP contribution in [0.25, 0.3) is 20.8 Å². The Kier molecular flexibility index (Phi) is 4.88. The SMILES string of the molecule is Cc1ccc(Cc2cc3[nH+]c4ccc(=O)cc-4sc3cc2N)cc1.[Br-]. The Bertz CT molecular complexity index is 1070. The lowest BCUT2D eigenvalue weighted by molar-refractivity contribution is -0.330. The summed E-state index contributed by atoms with van der Waals surface area (Å²) in [5.41, 5.74) is 12.7. The molecule has 0 spiro atoms. The number of aryl methyl sites for hydroxylation is 1. The number of aromatic amines is 1. The van der Waals surface area contributed by atoms with Gasteiger partial charge >= 0.3 is 0 Å². The van der Waals surface area contributed by atoms with Crippen LogP contribution in [0.4, 0.5) is 5.69 Å². The molecule has 4 rings (SSSR count). The number of benzene rings is 3. The lowest BCUT2D eigenvalue weighted by atomic mass is 10.0. The van der Waals surface area contributed by atoms with E-state index in [9.17, 15) is 4.79 Å². The topological polar surface area (TPSA) is 57.2 Å². The minimum atomic E-state index is 0. The fourth-order valence-corrected chi connectivity index (χ4v) is 3.90. The number of nitrogens with one attached hydrogen (secondary N) is 1. The van der Waals surface area contributed by atoms with Gasteiger partial charge in [0.15, 0.2) is 5.43 Å². The monoisotopic (exact) mass is 412 g/mol. The summed E-state index contributed by atoms with van der Waals surface area (Å²) in [4.78, 5) is 15.9. The normalized spacial score (nSPS) is 10.8. The first-order chi connectivity index (χ1) is 11.6. The molecule has 126 valence electrons. The lowest BCUT2D eigenvalue weighted by Crippen LogP contribution is -3.00. The first-order valence-electron chi connectivity index (χ1n) is 7.82. The van der Waals surface area contributed by atoms with E-state index in [1.54, 1.807) is 23.5 Å². The largest absolute Gasteiger partial charge is 1.00 e. The van der Waals surface area contributed by atoms with Crippen LogP contribution in [0.5, 0.6) is 0 Å². The number of aromatic nitrogens is 1. The number of hydrogen-bond donors (Lipinski definition) is 1. The third-order valence-corrected chi connectivity index (χ3v) is 5.31. The minimum absolute atomic E-state index is 0. The van der Waals surface area contributed by atoms with E-state index in [0.29, 0.717) is 0 Å². The molecule has 2 aromatic rings. The smallest absolute Gasteiger partial charge is 0.221 e. The Balaban J connectivity index is 0.00000182. The Morgan fingerprint density at radius 2 is 1.80 bits per heavy atom. The van der Waals surface area contributed by atoms with Gasteiger partial charge in [0, 0.05) is 23.9 Å². The number of fused-ring (bicyclic) bond motifs is 2. The van der Waals surface area contributed by atoms with Crippen LogP contribution in [0, 0.1) is 6.92 Å². The van der Waals surface area contributed by atoms with Gasteiger partial charge in [-0.2, -0.15) is 0 Å². The molecule has 0 saturated heterocycles. The summed E-state index contributed by atoms with van der Waals surface area (Å²) in [7, 11) is 0. The Hall–Kier alpha value is -2.24. The first-order valence-corrected chi connectivity index (χ1v) is 8.64. The van der Waals surface area contributed by atoms with E-state index in [1.807, 2.05) is 12.1 Å². The van der Waals surface area contributed by atoms with Crippen molar-refractivity contribution in [2.75, 3.05) is 5.73 Å². The number of halogens is 1. The van der Waals surface area contributed by atoms with Gasteiger partial charge in [-0.15, -0.1) is 11.3 Å². The zero-order valence-corrected chi connectivity index (χ0v) is 16.1. The fraction of sp³-hybridized carbons (Fsp3) is 0.100. The van der Waals surface area contributed by atoms with Gasteiger partial charge in [0.25, 0.3) is 0 Å². The van der Waals surface area contributed by atoms with Crippen LogP contribution in [0.1, 0.15) is 16.7 Å². The molecular weight excluding hydrogens is 396 g/mol. The molecule has 1 heterocycles. The van der Waals surface area contributed by atoms with E-state index in [0.717, 1.165) is 38.5 Å². The third kappa shape index (κ3) is 3.57. The first kappa shape index (κ1) is 17.6. The summed E-state index contributed by atoms with van der Waals surface area (Å²) in [6.45, 7) is 2.09. The van der Waals surface area contributed by atoms with Gasteiger partial charge in [-0.3, -0.25) is 4.79 Å². The number of rotatable bonds is 2. The van der Waals surface area contributed by atoms with Crippen molar-refractivity contribution < 1.29 is 22.0 Å². The summed E-state index contributed by atoms with van der Waals surface area (Å²) in [5, 5.41) is 0. The summed E-state index contributed by atoms with van der Waals surface area (Å²) in [5.74, 6) is 0. The van der Waals surface area contributed by atoms with E-state index in [2.05, 4.69) is 42.2 Å². The maximum atomic E-state index is 11.5. The van der Waals surface area contributed by atoms with Crippen LogP contribution in [-0.4, -0.2) is 0 Å². The van der Waals surface area contributed by atoms with Crippen LogP contribution in [0.2, 0.25) is 0 Å². The van der Waals surface area contributed by atoms with Crippen molar-refractivity contribution in [1.29, 1.82) is 0 Å². The van der Waals surface area contributed by atoms with E-state index < -0.39 is 0 Å². The zero-order valence-electron chi connectivity index (χ0n) is 13.7. The Morgan fingerprint density at radius 3 is 2.56 bits per heavy atom. The van der Waals surface area contributed by atoms with Crippen molar-refractivity contribution in [3.63, 3.8) is 0 Å². The van der Waals surface area contributed by atoms with Crippen molar-refractivity contribution in [3.8, 4) is 10.6 Å². The van der Waals surface area contributed by atoms with Crippen LogP contribution < -0.4 is 33.1 Å². The van der Waals surface area contributed by atoms with Crippen molar-refractivity contribution >= 4 is 27.2 Å². The molecule has 5 heteroatoms. The van der Waals surface area contributed by atoms with Gasteiger partial charge in [-0.25, -0.2) is 4.98 Å². The van der Waals surface area contributed by atoms with Crippen molar-refractivity contribution in [2.45, 2.75) is 13.3 Å². The standard InChI is InChI=1S/C20H16N2OS.BrH/c1-12-2-4-13(5-3-12)8-14-9-18-20(11-16(14)21)24-19-10-15(23)6-7-17(19)22-18;/h2-7,9-11H,8,21H2,1H3;1H. The van der Waals surface area contributed by atoms with Crippen LogP contribution in [0.15, 0.2) is 59.4 Å². The predicted molar refractivity (Wildman–Crippen MR) is 99.7 cm³/mol. The lowest BCUT2D eigenvalue weighted by Gasteiger charge is -2.07. The summed E-state index contributed by atoms with van der Waals surface area (Å²) in [6.07, 6.45) is 0.804. The van der Waals surface area contributed by atoms with Crippen molar-refractivity contribution in [3.05, 3.63) is 81.5 Å². The van der Waals surface area contributed by atoms with Gasteiger partial charge in [0.1, 0.15) is 9.58 Å². The highest BCUT2D eigenvalue weighted by Gasteiger charge is 2.15. The van der Waals surface area contributed by atoms with E-state index >= 15 is 0 Å². The molecule has 0 fully saturated rings. The summed E-state index contributed by atoms with van der Waals surface area (Å²) in [6, 6.07) is 17.7. The highest BCUT2D eigenvalue weighted by atomic mass is 79.9. The molecule has 1 aliphatic carbocycles. The zero-order chi connectivity index (χ0) is 16.7. The number of hydrogen-bond acceptors (Lipinski definition) is 3. The fourth-order valence-electron chi connectivity index (χ4n) is 2.86. The van der Waals surface area contributed by atoms with E-state index in [1.165, 1.54) is 11.1 Å². The quantitative estimate of drug-likeness (QED) is 0.388. The number of nitrogens with two attached hydrogens (primary N) is 1. The van der Waals surface area contributed by atoms with Gasteiger partial charge in [0.2, 0.25) is 11.2 Å². The van der Waals surface area contributed by atoms with Crippen molar-refractivity contribution in [2.24, 2.45) is 0 Å². The minimum Gasteiger partial charge on any atom is -1.00 e. The second-order valence-corrected chi connectivity index (χ2v) is 7.18. The summed E-state index contributed by atoms with van der Waals surface area (Å²) < 4.78 is 1.05. The molecule has 1 aliphatic heterocycles. The molecule has 2 aliphatic rings. The molecule has 0 aromatic heterocycles. The van der Waals surface area contributed by atoms with Gasteiger partial charge < -0.3 is 22.7 Å². The predicted octanol–water partition coefficient (Wildman–Crippen LogP) is 0.666. The summed E-state index contributed by atoms with van der Waals surface area (Å²) >= 11 is 1.59. The molecule has 3 nitrogen and oxygen atoms in total. The average Bonchev–Trinajstić information content (AvgIpc) is 2.56. The molecule has 0 unspecified atom stereocenters. The third-order valence-electron chi connectivity index (χ3n) is 4.20. The van der Waals surface area contributed by atoms with Crippen LogP contribution in [0.3, 0.4) is 0 Å². The van der Waals surface area contributed by atoms with Crippen molar-refractivity contribution in [1.82, 2.24) is 0 Å². The van der Waals surface area contributed by atoms with E-state index in [-0.39, 0.29) is 22.4 Å². The second kappa shape index (κ2) is 6.94. The number of nitrogen functional groups attached to an aromatic ring is 1. The van der Waals surface area contributed by atoms with Gasteiger partial charge in [-0.1, -0.05) is 29.8 Å². The average molecular weight is 413 g/mol. The highest BCUT2D eigenvalue weighted by molar-refractivity contribution is 7.21. The van der Waals surface area contributed by atoms with E-state index in [4.69, 9.17) is 5.73 Å². The molecule has 0 saturated carbocycles. The van der Waals surface area contributed by atoms with Gasteiger partial charge in [0.05, 0.1) is 0 Å². The Morgan fingerprint density at radius 1 is 1.04 bits per heavy atom. The highest BCUT2D eigenvalue weighted by Crippen LogP contribution is 2.30. The second-order valence-electron chi connectivity index (χ2n) is 6.09. The number of H-pyrrole nitrogens is 1. The van der Waals surface area contributed by atoms with Gasteiger partial charge in [-0.05, 0) is 36.6 Å².